The molecule has 1 heterocycles. The molecule has 4 atom stereocenters. The molecule has 1 aromatic carbocycles. The van der Waals surface area contributed by atoms with Crippen molar-refractivity contribution in [3.63, 3.8) is 0 Å². The molecule has 2 amide bonds. The SMILES string of the molecule is CC(C)C[C@H]1C(=O)N[C@@H](C2CCCC2)CN1C(=O)[C@@H]1C[C@H]1c1ccccc1. The first-order chi connectivity index (χ1) is 13.0. The lowest BCUT2D eigenvalue weighted by Crippen LogP contribution is -2.63. The third-order valence-electron chi connectivity index (χ3n) is 6.68. The van der Waals surface area contributed by atoms with E-state index in [0.29, 0.717) is 24.3 Å². The smallest absolute Gasteiger partial charge is 0.243 e. The molecule has 1 aliphatic heterocycles. The van der Waals surface area contributed by atoms with Gasteiger partial charge >= 0.3 is 0 Å². The van der Waals surface area contributed by atoms with Gasteiger partial charge in [0.25, 0.3) is 0 Å². The fourth-order valence-electron chi connectivity index (χ4n) is 5.11. The van der Waals surface area contributed by atoms with Crippen LogP contribution in [-0.4, -0.2) is 35.3 Å². The average molecular weight is 369 g/mol. The molecule has 2 saturated carbocycles. The second-order valence-corrected chi connectivity index (χ2v) is 9.15. The van der Waals surface area contributed by atoms with E-state index in [1.165, 1.54) is 31.2 Å². The summed E-state index contributed by atoms with van der Waals surface area (Å²) in [4.78, 5) is 28.2. The predicted octanol–water partition coefficient (Wildman–Crippen LogP) is 3.72. The van der Waals surface area contributed by atoms with E-state index >= 15 is 0 Å². The van der Waals surface area contributed by atoms with Gasteiger partial charge in [0.1, 0.15) is 6.04 Å². The lowest BCUT2D eigenvalue weighted by molar-refractivity contribution is -0.147. The maximum absolute atomic E-state index is 13.4. The molecular weight excluding hydrogens is 336 g/mol. The zero-order valence-corrected chi connectivity index (χ0v) is 16.6. The maximum Gasteiger partial charge on any atom is 0.243 e. The van der Waals surface area contributed by atoms with E-state index in [4.69, 9.17) is 0 Å². The lowest BCUT2D eigenvalue weighted by Gasteiger charge is -2.42. The van der Waals surface area contributed by atoms with Crippen LogP contribution in [0.1, 0.15) is 63.9 Å². The molecule has 4 nitrogen and oxygen atoms in total. The Labute approximate surface area is 162 Å². The minimum Gasteiger partial charge on any atom is -0.350 e. The standard InChI is InChI=1S/C23H32N2O2/c1-15(2)12-21-22(26)24-20(17-10-6-7-11-17)14-25(21)23(27)19-13-18(19)16-8-4-3-5-9-16/h3-5,8-9,15,17-21H,6-7,10-14H2,1-2H3,(H,24,26)/t18-,19+,20+,21-/m0/s1. The Morgan fingerprint density at radius 3 is 2.56 bits per heavy atom. The van der Waals surface area contributed by atoms with Crippen LogP contribution in [0.4, 0.5) is 0 Å². The summed E-state index contributed by atoms with van der Waals surface area (Å²) >= 11 is 0. The van der Waals surface area contributed by atoms with Crippen LogP contribution in [0.3, 0.4) is 0 Å². The van der Waals surface area contributed by atoms with Crippen LogP contribution in [0.5, 0.6) is 0 Å². The van der Waals surface area contributed by atoms with Crippen LogP contribution < -0.4 is 5.32 Å². The number of nitrogens with one attached hydrogen (secondary N) is 1. The van der Waals surface area contributed by atoms with Gasteiger partial charge in [-0.25, -0.2) is 0 Å². The molecule has 27 heavy (non-hydrogen) atoms. The van der Waals surface area contributed by atoms with Gasteiger partial charge in [-0.15, -0.1) is 0 Å². The van der Waals surface area contributed by atoms with Gasteiger partial charge in [-0.3, -0.25) is 9.59 Å². The second kappa shape index (κ2) is 7.65. The number of nitrogens with zero attached hydrogens (tertiary/aromatic N) is 1. The van der Waals surface area contributed by atoms with Crippen LogP contribution in [-0.2, 0) is 9.59 Å². The number of hydrogen-bond donors (Lipinski definition) is 1. The highest BCUT2D eigenvalue weighted by molar-refractivity contribution is 5.91. The Kier molecular flexibility index (Phi) is 5.25. The van der Waals surface area contributed by atoms with Gasteiger partial charge in [-0.1, -0.05) is 57.0 Å². The molecule has 0 bridgehead atoms. The summed E-state index contributed by atoms with van der Waals surface area (Å²) in [6, 6.07) is 10.2. The number of piperazine rings is 1. The maximum atomic E-state index is 13.4. The van der Waals surface area contributed by atoms with E-state index in [1.54, 1.807) is 0 Å². The fraction of sp³-hybridized carbons (Fsp3) is 0.652. The minimum absolute atomic E-state index is 0.0530. The van der Waals surface area contributed by atoms with Gasteiger partial charge in [0.05, 0.1) is 0 Å². The lowest BCUT2D eigenvalue weighted by atomic mass is 9.91. The largest absolute Gasteiger partial charge is 0.350 e. The van der Waals surface area contributed by atoms with E-state index < -0.39 is 0 Å². The minimum atomic E-state index is -0.299. The van der Waals surface area contributed by atoms with Gasteiger partial charge in [0, 0.05) is 18.5 Å². The van der Waals surface area contributed by atoms with E-state index in [2.05, 4.69) is 31.3 Å². The van der Waals surface area contributed by atoms with Crippen molar-refractivity contribution in [1.29, 1.82) is 0 Å². The summed E-state index contributed by atoms with van der Waals surface area (Å²) < 4.78 is 0. The van der Waals surface area contributed by atoms with Crippen LogP contribution in [0, 0.1) is 17.8 Å². The van der Waals surface area contributed by atoms with E-state index in [-0.39, 0.29) is 29.8 Å². The van der Waals surface area contributed by atoms with Crippen molar-refractivity contribution >= 4 is 11.8 Å². The van der Waals surface area contributed by atoms with Crippen molar-refractivity contribution in [3.05, 3.63) is 35.9 Å². The van der Waals surface area contributed by atoms with E-state index in [9.17, 15) is 9.59 Å². The number of rotatable bonds is 5. The average Bonchev–Trinajstić information content (AvgIpc) is 3.27. The number of hydrogen-bond acceptors (Lipinski definition) is 2. The first-order valence-electron chi connectivity index (χ1n) is 10.7. The predicted molar refractivity (Wildman–Crippen MR) is 106 cm³/mol. The van der Waals surface area contributed by atoms with Crippen molar-refractivity contribution in [2.24, 2.45) is 17.8 Å². The van der Waals surface area contributed by atoms with Crippen LogP contribution >= 0.6 is 0 Å². The molecule has 1 aromatic rings. The third kappa shape index (κ3) is 3.90. The molecule has 3 aliphatic rings. The molecule has 146 valence electrons. The monoisotopic (exact) mass is 368 g/mol. The molecule has 3 fully saturated rings. The summed E-state index contributed by atoms with van der Waals surface area (Å²) in [6.07, 6.45) is 6.52. The normalized spacial score (nSPS) is 31.2. The topological polar surface area (TPSA) is 49.4 Å². The van der Waals surface area contributed by atoms with E-state index in [1.807, 2.05) is 23.1 Å². The molecule has 1 saturated heterocycles. The number of benzene rings is 1. The van der Waals surface area contributed by atoms with Gasteiger partial charge in [-0.2, -0.15) is 0 Å². The summed E-state index contributed by atoms with van der Waals surface area (Å²) in [6.45, 7) is 4.95. The van der Waals surface area contributed by atoms with Gasteiger partial charge in [-0.05, 0) is 49.0 Å². The summed E-state index contributed by atoms with van der Waals surface area (Å²) in [7, 11) is 0. The Hall–Kier alpha value is -1.84. The number of carbonyl (C=O) groups is 2. The Bertz CT molecular complexity index is 681. The second-order valence-electron chi connectivity index (χ2n) is 9.15. The van der Waals surface area contributed by atoms with Crippen molar-refractivity contribution in [2.45, 2.75) is 70.4 Å². The third-order valence-corrected chi connectivity index (χ3v) is 6.68. The van der Waals surface area contributed by atoms with Crippen molar-refractivity contribution < 1.29 is 9.59 Å². The molecule has 0 radical (unpaired) electrons. The highest BCUT2D eigenvalue weighted by atomic mass is 16.2. The molecule has 0 unspecified atom stereocenters. The highest BCUT2D eigenvalue weighted by Gasteiger charge is 2.49. The number of carbonyl (C=O) groups excluding carboxylic acids is 2. The van der Waals surface area contributed by atoms with Crippen molar-refractivity contribution in [2.75, 3.05) is 6.54 Å². The quantitative estimate of drug-likeness (QED) is 0.861. The van der Waals surface area contributed by atoms with Gasteiger partial charge < -0.3 is 10.2 Å². The summed E-state index contributed by atoms with van der Waals surface area (Å²) in [5, 5.41) is 3.27. The molecule has 4 rings (SSSR count). The van der Waals surface area contributed by atoms with Crippen molar-refractivity contribution in [1.82, 2.24) is 10.2 Å². The Balaban J connectivity index is 1.50. The van der Waals surface area contributed by atoms with Crippen LogP contribution in [0.25, 0.3) is 0 Å². The van der Waals surface area contributed by atoms with Gasteiger partial charge in [0.15, 0.2) is 0 Å². The zero-order valence-electron chi connectivity index (χ0n) is 16.6. The van der Waals surface area contributed by atoms with Gasteiger partial charge in [0.2, 0.25) is 11.8 Å². The van der Waals surface area contributed by atoms with E-state index in [0.717, 1.165) is 12.8 Å². The molecule has 2 aliphatic carbocycles. The molecule has 1 N–H and O–H groups in total. The zero-order chi connectivity index (χ0) is 19.0. The number of amides is 2. The van der Waals surface area contributed by atoms with Crippen LogP contribution in [0.15, 0.2) is 30.3 Å². The molecule has 0 aromatic heterocycles. The molecule has 0 spiro atoms. The summed E-state index contributed by atoms with van der Waals surface area (Å²) in [5.41, 5.74) is 1.25. The molecular formula is C23H32N2O2. The van der Waals surface area contributed by atoms with Crippen molar-refractivity contribution in [3.8, 4) is 0 Å². The highest BCUT2D eigenvalue weighted by Crippen LogP contribution is 2.49. The Morgan fingerprint density at radius 1 is 1.19 bits per heavy atom. The molecule has 4 heteroatoms. The Morgan fingerprint density at radius 2 is 1.89 bits per heavy atom. The van der Waals surface area contributed by atoms with Crippen LogP contribution in [0.2, 0.25) is 0 Å². The first-order valence-corrected chi connectivity index (χ1v) is 10.7. The fourth-order valence-corrected chi connectivity index (χ4v) is 5.11. The first kappa shape index (κ1) is 18.5. The summed E-state index contributed by atoms with van der Waals surface area (Å²) in [5.74, 6) is 1.58.